The first-order valence-electron chi connectivity index (χ1n) is 13.5. The molecular formula is C27H48O10. The Morgan fingerprint density at radius 2 is 1.54 bits per heavy atom. The summed E-state index contributed by atoms with van der Waals surface area (Å²) in [5.41, 5.74) is -1.72. The van der Waals surface area contributed by atoms with E-state index in [0.29, 0.717) is 6.42 Å². The van der Waals surface area contributed by atoms with Gasteiger partial charge in [0, 0.05) is 30.1 Å². The van der Waals surface area contributed by atoms with Crippen LogP contribution in [-0.2, 0) is 23.8 Å². The van der Waals surface area contributed by atoms with Crippen molar-refractivity contribution in [3.63, 3.8) is 0 Å². The van der Waals surface area contributed by atoms with E-state index in [-0.39, 0.29) is 18.6 Å². The molecule has 0 aliphatic carbocycles. The third-order valence-electron chi connectivity index (χ3n) is 8.46. The summed E-state index contributed by atoms with van der Waals surface area (Å²) in [7, 11) is 0. The van der Waals surface area contributed by atoms with Crippen molar-refractivity contribution in [3.05, 3.63) is 0 Å². The van der Waals surface area contributed by atoms with Crippen LogP contribution >= 0.6 is 0 Å². The monoisotopic (exact) mass is 532 g/mol. The molecule has 5 N–H and O–H groups in total. The Bertz CT molecular complexity index is 760. The van der Waals surface area contributed by atoms with E-state index in [1.54, 1.807) is 41.5 Å². The highest BCUT2D eigenvalue weighted by Crippen LogP contribution is 2.35. The number of cyclic esters (lactones) is 1. The van der Waals surface area contributed by atoms with Gasteiger partial charge >= 0.3 is 5.97 Å². The molecule has 37 heavy (non-hydrogen) atoms. The SMILES string of the molecule is CC[C@H]1OC(=O)[C@H](C)[C@@H](O[C@H]2C[C@H](O)[C@@H](O)[C@H](C)O2)[C@H](C)[C@@H](O)[C@](C)(O)C[C@@H](C)C(=O)[C@H](C)[C@@H](O)[C@H]1C. The molecule has 0 saturated carbocycles. The molecule has 0 unspecified atom stereocenters. The molecule has 2 saturated heterocycles. The second-order valence-electron chi connectivity index (χ2n) is 11.6. The van der Waals surface area contributed by atoms with Crippen LogP contribution in [0.5, 0.6) is 0 Å². The number of hydrogen-bond acceptors (Lipinski definition) is 10. The van der Waals surface area contributed by atoms with E-state index in [4.69, 9.17) is 14.2 Å². The molecule has 10 nitrogen and oxygen atoms in total. The van der Waals surface area contributed by atoms with Gasteiger partial charge in [0.05, 0.1) is 42.0 Å². The molecule has 0 amide bonds. The standard InChI is InChI=1S/C27H48O10/c1-9-19-13(3)22(30)14(4)21(29)12(2)11-27(8,34)25(32)15(5)24(16(6)26(33)36-19)37-20-10-18(28)23(31)17(7)35-20/h12-20,22-25,28,30-32,34H,9-11H2,1-8H3/t12-,13+,14+,15+,16-,17+,18+,19-,20+,22+,23+,24+,25-,27-/m1/s1. The number of aliphatic hydroxyl groups excluding tert-OH is 4. The quantitative estimate of drug-likeness (QED) is 0.334. The number of hydrogen-bond donors (Lipinski definition) is 5. The van der Waals surface area contributed by atoms with E-state index < -0.39 is 90.2 Å². The summed E-state index contributed by atoms with van der Waals surface area (Å²) >= 11 is 0. The summed E-state index contributed by atoms with van der Waals surface area (Å²) in [4.78, 5) is 26.5. The third-order valence-corrected chi connectivity index (χ3v) is 8.46. The van der Waals surface area contributed by atoms with Gasteiger partial charge in [-0.1, -0.05) is 34.6 Å². The Labute approximate surface area is 220 Å². The molecule has 2 heterocycles. The molecule has 0 radical (unpaired) electrons. The molecule has 0 aromatic carbocycles. The first kappa shape index (κ1) is 32.1. The van der Waals surface area contributed by atoms with E-state index in [1.807, 2.05) is 6.92 Å². The van der Waals surface area contributed by atoms with Gasteiger partial charge in [-0.3, -0.25) is 9.59 Å². The molecular weight excluding hydrogens is 484 g/mol. The zero-order chi connectivity index (χ0) is 28.4. The second kappa shape index (κ2) is 12.8. The van der Waals surface area contributed by atoms with E-state index in [9.17, 15) is 35.1 Å². The summed E-state index contributed by atoms with van der Waals surface area (Å²) in [5, 5.41) is 53.7. The van der Waals surface area contributed by atoms with E-state index in [1.165, 1.54) is 6.92 Å². The van der Waals surface area contributed by atoms with Crippen LogP contribution in [-0.4, -0.2) is 91.9 Å². The zero-order valence-electron chi connectivity index (χ0n) is 23.4. The van der Waals surface area contributed by atoms with Crippen molar-refractivity contribution in [2.75, 3.05) is 0 Å². The van der Waals surface area contributed by atoms with Crippen molar-refractivity contribution >= 4 is 11.8 Å². The highest BCUT2D eigenvalue weighted by atomic mass is 16.7. The van der Waals surface area contributed by atoms with Gasteiger partial charge in [0.25, 0.3) is 0 Å². The van der Waals surface area contributed by atoms with Crippen LogP contribution in [0.4, 0.5) is 0 Å². The average molecular weight is 533 g/mol. The maximum atomic E-state index is 13.3. The number of carbonyl (C=O) groups is 2. The number of Topliss-reactive ketones (excluding diaryl/α,β-unsaturated/α-hetero) is 1. The maximum absolute atomic E-state index is 13.3. The molecule has 2 fully saturated rings. The Kier molecular flexibility index (Phi) is 11.1. The molecule has 14 atom stereocenters. The lowest BCUT2D eigenvalue weighted by Crippen LogP contribution is -2.54. The molecule has 216 valence electrons. The molecule has 2 rings (SSSR count). The van der Waals surface area contributed by atoms with Crippen LogP contribution in [0.25, 0.3) is 0 Å². The van der Waals surface area contributed by atoms with Gasteiger partial charge in [0.15, 0.2) is 6.29 Å². The maximum Gasteiger partial charge on any atom is 0.311 e. The van der Waals surface area contributed by atoms with Crippen molar-refractivity contribution in [1.29, 1.82) is 0 Å². The predicted molar refractivity (Wildman–Crippen MR) is 134 cm³/mol. The molecule has 2 aliphatic heterocycles. The number of ketones is 1. The largest absolute Gasteiger partial charge is 0.462 e. The van der Waals surface area contributed by atoms with Crippen LogP contribution in [0.1, 0.15) is 74.7 Å². The van der Waals surface area contributed by atoms with Gasteiger partial charge < -0.3 is 39.7 Å². The number of esters is 1. The van der Waals surface area contributed by atoms with Crippen LogP contribution in [0.15, 0.2) is 0 Å². The molecule has 0 aromatic heterocycles. The van der Waals surface area contributed by atoms with Crippen molar-refractivity contribution in [1.82, 2.24) is 0 Å². The smallest absolute Gasteiger partial charge is 0.311 e. The lowest BCUT2D eigenvalue weighted by Gasteiger charge is -2.43. The summed E-state index contributed by atoms with van der Waals surface area (Å²) in [6, 6.07) is 0. The van der Waals surface area contributed by atoms with E-state index >= 15 is 0 Å². The van der Waals surface area contributed by atoms with E-state index in [0.717, 1.165) is 0 Å². The molecule has 10 heteroatoms. The number of rotatable bonds is 3. The minimum atomic E-state index is -1.72. The van der Waals surface area contributed by atoms with Gasteiger partial charge in [-0.15, -0.1) is 0 Å². The first-order valence-corrected chi connectivity index (χ1v) is 13.5. The average Bonchev–Trinajstić information content (AvgIpc) is 2.84. The summed E-state index contributed by atoms with van der Waals surface area (Å²) < 4.78 is 17.7. The van der Waals surface area contributed by atoms with Crippen LogP contribution in [0.2, 0.25) is 0 Å². The number of aliphatic hydroxyl groups is 5. The van der Waals surface area contributed by atoms with Crippen molar-refractivity contribution < 1.29 is 49.3 Å². The zero-order valence-corrected chi connectivity index (χ0v) is 23.4. The molecule has 2 aliphatic rings. The van der Waals surface area contributed by atoms with Crippen molar-refractivity contribution in [2.45, 2.75) is 129 Å². The summed E-state index contributed by atoms with van der Waals surface area (Å²) in [5.74, 6) is -4.55. The van der Waals surface area contributed by atoms with Gasteiger partial charge in [0.1, 0.15) is 18.0 Å². The first-order chi connectivity index (χ1) is 17.0. The fourth-order valence-electron chi connectivity index (χ4n) is 5.82. The molecule has 0 spiro atoms. The highest BCUT2D eigenvalue weighted by molar-refractivity contribution is 5.83. The lowest BCUT2D eigenvalue weighted by atomic mass is 9.75. The fourth-order valence-corrected chi connectivity index (χ4v) is 5.82. The second-order valence-corrected chi connectivity index (χ2v) is 11.6. The van der Waals surface area contributed by atoms with Gasteiger partial charge in [-0.2, -0.15) is 0 Å². The Balaban J connectivity index is 2.46. The molecule has 0 bridgehead atoms. The Morgan fingerprint density at radius 3 is 2.08 bits per heavy atom. The summed E-state index contributed by atoms with van der Waals surface area (Å²) in [6.45, 7) is 13.1. The van der Waals surface area contributed by atoms with Gasteiger partial charge in [0.2, 0.25) is 0 Å². The fraction of sp³-hybridized carbons (Fsp3) is 0.926. The van der Waals surface area contributed by atoms with Crippen LogP contribution in [0.3, 0.4) is 0 Å². The van der Waals surface area contributed by atoms with Crippen LogP contribution < -0.4 is 0 Å². The number of ether oxygens (including phenoxy) is 3. The minimum Gasteiger partial charge on any atom is -0.462 e. The topological polar surface area (TPSA) is 163 Å². The Hall–Kier alpha value is -1.14. The predicted octanol–water partition coefficient (Wildman–Crippen LogP) is 1.18. The van der Waals surface area contributed by atoms with Crippen LogP contribution in [0, 0.1) is 29.6 Å². The van der Waals surface area contributed by atoms with Crippen molar-refractivity contribution in [3.8, 4) is 0 Å². The lowest BCUT2D eigenvalue weighted by molar-refractivity contribution is -0.276. The highest BCUT2D eigenvalue weighted by Gasteiger charge is 2.47. The third kappa shape index (κ3) is 7.29. The minimum absolute atomic E-state index is 0.0484. The normalized spacial score (nSPS) is 49.3. The van der Waals surface area contributed by atoms with E-state index in [2.05, 4.69) is 0 Å². The summed E-state index contributed by atoms with van der Waals surface area (Å²) in [6.07, 6.45) is -7.72. The Morgan fingerprint density at radius 1 is 0.946 bits per heavy atom. The molecule has 0 aromatic rings. The number of carbonyl (C=O) groups excluding carboxylic acids is 2. The van der Waals surface area contributed by atoms with Gasteiger partial charge in [-0.25, -0.2) is 0 Å². The van der Waals surface area contributed by atoms with Gasteiger partial charge in [-0.05, 0) is 33.6 Å². The van der Waals surface area contributed by atoms with Crippen molar-refractivity contribution in [2.24, 2.45) is 29.6 Å².